The largest absolute Gasteiger partial charge is 0.497 e. The van der Waals surface area contributed by atoms with Crippen LogP contribution in [0, 0.1) is 6.92 Å². The molecule has 0 radical (unpaired) electrons. The number of hydrogen-bond acceptors (Lipinski definition) is 5. The summed E-state index contributed by atoms with van der Waals surface area (Å²) in [5.41, 5.74) is 2.52. The summed E-state index contributed by atoms with van der Waals surface area (Å²) >= 11 is 6.09. The molecule has 0 aliphatic carbocycles. The van der Waals surface area contributed by atoms with Gasteiger partial charge in [0, 0.05) is 16.7 Å². The molecular formula is C25H27ClN2O5S. The minimum Gasteiger partial charge on any atom is -0.497 e. The van der Waals surface area contributed by atoms with E-state index >= 15 is 0 Å². The van der Waals surface area contributed by atoms with Crippen LogP contribution in [-0.2, 0) is 16.6 Å². The molecular weight excluding hydrogens is 476 g/mol. The summed E-state index contributed by atoms with van der Waals surface area (Å²) in [5, 5.41) is 3.26. The van der Waals surface area contributed by atoms with Crippen LogP contribution >= 0.6 is 11.6 Å². The molecule has 0 fully saturated rings. The number of hydrogen-bond donors (Lipinski definition) is 1. The standard InChI is InChI=1S/C25H27ClN2O5S/c1-18-7-12-21(26)15-24(18)28(34(3,30)31)17-19-8-10-20(11-9-19)25(29)27-13-14-33-23-6-4-5-22(16-23)32-2/h4-12,15-16H,13-14,17H2,1-3H3,(H,27,29). The van der Waals surface area contributed by atoms with Crippen molar-refractivity contribution in [2.45, 2.75) is 13.5 Å². The normalized spacial score (nSPS) is 11.1. The zero-order chi connectivity index (χ0) is 24.7. The highest BCUT2D eigenvalue weighted by molar-refractivity contribution is 7.92. The Balaban J connectivity index is 1.59. The quantitative estimate of drug-likeness (QED) is 0.414. The Morgan fingerprint density at radius 2 is 1.74 bits per heavy atom. The van der Waals surface area contributed by atoms with Gasteiger partial charge in [-0.15, -0.1) is 0 Å². The van der Waals surface area contributed by atoms with Crippen LogP contribution in [0.3, 0.4) is 0 Å². The van der Waals surface area contributed by atoms with E-state index in [4.69, 9.17) is 21.1 Å². The monoisotopic (exact) mass is 502 g/mol. The van der Waals surface area contributed by atoms with Gasteiger partial charge in [0.05, 0.1) is 32.1 Å². The summed E-state index contributed by atoms with van der Waals surface area (Å²) < 4.78 is 37.0. The van der Waals surface area contributed by atoms with E-state index < -0.39 is 10.0 Å². The number of carbonyl (C=O) groups is 1. The maximum atomic E-state index is 12.5. The third-order valence-electron chi connectivity index (χ3n) is 5.08. The van der Waals surface area contributed by atoms with Gasteiger partial charge in [0.2, 0.25) is 10.0 Å². The number of nitrogens with zero attached hydrogens (tertiary/aromatic N) is 1. The lowest BCUT2D eigenvalue weighted by Crippen LogP contribution is -2.30. The van der Waals surface area contributed by atoms with Crippen molar-refractivity contribution in [3.8, 4) is 11.5 Å². The maximum absolute atomic E-state index is 12.5. The van der Waals surface area contributed by atoms with Crippen LogP contribution in [0.4, 0.5) is 5.69 Å². The molecule has 0 aromatic heterocycles. The summed E-state index contributed by atoms with van der Waals surface area (Å²) in [7, 11) is -1.97. The predicted molar refractivity (Wildman–Crippen MR) is 134 cm³/mol. The number of halogens is 1. The van der Waals surface area contributed by atoms with Gasteiger partial charge < -0.3 is 14.8 Å². The highest BCUT2D eigenvalue weighted by atomic mass is 35.5. The number of sulfonamides is 1. The van der Waals surface area contributed by atoms with Crippen molar-refractivity contribution in [1.82, 2.24) is 5.32 Å². The molecule has 0 bridgehead atoms. The highest BCUT2D eigenvalue weighted by Crippen LogP contribution is 2.28. The first kappa shape index (κ1) is 25.4. The fourth-order valence-corrected chi connectivity index (χ4v) is 4.39. The van der Waals surface area contributed by atoms with Crippen molar-refractivity contribution in [2.24, 2.45) is 0 Å². The van der Waals surface area contributed by atoms with E-state index in [1.54, 1.807) is 55.6 Å². The van der Waals surface area contributed by atoms with Crippen LogP contribution in [0.2, 0.25) is 5.02 Å². The SMILES string of the molecule is COc1cccc(OCCNC(=O)c2ccc(CN(c3cc(Cl)ccc3C)S(C)(=O)=O)cc2)c1. The fraction of sp³-hybridized carbons (Fsp3) is 0.240. The van der Waals surface area contributed by atoms with Gasteiger partial charge in [-0.1, -0.05) is 35.9 Å². The average Bonchev–Trinajstić information content (AvgIpc) is 2.81. The second-order valence-electron chi connectivity index (χ2n) is 7.68. The number of benzene rings is 3. The summed E-state index contributed by atoms with van der Waals surface area (Å²) in [5.74, 6) is 1.11. The first-order valence-corrected chi connectivity index (χ1v) is 12.8. The number of anilines is 1. The molecule has 3 rings (SSSR count). The molecule has 0 aliphatic heterocycles. The van der Waals surface area contributed by atoms with E-state index in [0.29, 0.717) is 40.9 Å². The van der Waals surface area contributed by atoms with Gasteiger partial charge in [0.1, 0.15) is 18.1 Å². The third kappa shape index (κ3) is 6.88. The number of rotatable bonds is 10. The van der Waals surface area contributed by atoms with E-state index in [9.17, 15) is 13.2 Å². The van der Waals surface area contributed by atoms with Gasteiger partial charge in [-0.25, -0.2) is 8.42 Å². The highest BCUT2D eigenvalue weighted by Gasteiger charge is 2.20. The van der Waals surface area contributed by atoms with Crippen molar-refractivity contribution < 1.29 is 22.7 Å². The Morgan fingerprint density at radius 1 is 1.03 bits per heavy atom. The lowest BCUT2D eigenvalue weighted by molar-refractivity contribution is 0.0947. The minimum atomic E-state index is -3.55. The predicted octanol–water partition coefficient (Wildman–Crippen LogP) is 4.43. The Kier molecular flexibility index (Phi) is 8.41. The molecule has 34 heavy (non-hydrogen) atoms. The van der Waals surface area contributed by atoms with Crippen molar-refractivity contribution in [2.75, 3.05) is 30.8 Å². The molecule has 3 aromatic carbocycles. The van der Waals surface area contributed by atoms with Gasteiger partial charge in [0.15, 0.2) is 0 Å². The smallest absolute Gasteiger partial charge is 0.251 e. The van der Waals surface area contributed by atoms with Gasteiger partial charge in [-0.05, 0) is 54.4 Å². The molecule has 9 heteroatoms. The average molecular weight is 503 g/mol. The van der Waals surface area contributed by atoms with Crippen LogP contribution in [0.5, 0.6) is 11.5 Å². The zero-order valence-corrected chi connectivity index (χ0v) is 20.8. The van der Waals surface area contributed by atoms with Crippen molar-refractivity contribution in [3.05, 3.63) is 88.4 Å². The molecule has 0 spiro atoms. The summed E-state index contributed by atoms with van der Waals surface area (Å²) in [6.07, 6.45) is 1.16. The minimum absolute atomic E-state index is 0.121. The van der Waals surface area contributed by atoms with E-state index in [1.165, 1.54) is 4.31 Å². The number of amides is 1. The molecule has 7 nitrogen and oxygen atoms in total. The molecule has 0 unspecified atom stereocenters. The second-order valence-corrected chi connectivity index (χ2v) is 10.0. The molecule has 0 aliphatic rings. The Hall–Kier alpha value is -3.23. The van der Waals surface area contributed by atoms with Gasteiger partial charge in [-0.2, -0.15) is 0 Å². The maximum Gasteiger partial charge on any atom is 0.251 e. The molecule has 0 saturated carbocycles. The molecule has 180 valence electrons. The first-order valence-electron chi connectivity index (χ1n) is 10.6. The number of carbonyl (C=O) groups excluding carboxylic acids is 1. The van der Waals surface area contributed by atoms with Crippen LogP contribution in [-0.4, -0.2) is 40.8 Å². The number of aryl methyl sites for hydroxylation is 1. The molecule has 0 atom stereocenters. The molecule has 0 heterocycles. The lowest BCUT2D eigenvalue weighted by atomic mass is 10.1. The Bertz CT molecular complexity index is 1250. The van der Waals surface area contributed by atoms with E-state index in [0.717, 1.165) is 17.4 Å². The van der Waals surface area contributed by atoms with Gasteiger partial charge >= 0.3 is 0 Å². The van der Waals surface area contributed by atoms with Crippen LogP contribution in [0.25, 0.3) is 0 Å². The van der Waals surface area contributed by atoms with E-state index in [-0.39, 0.29) is 12.5 Å². The molecule has 0 saturated heterocycles. The summed E-state index contributed by atoms with van der Waals surface area (Å²) in [6, 6.07) is 19.2. The topological polar surface area (TPSA) is 84.9 Å². The number of methoxy groups -OCH3 is 1. The van der Waals surface area contributed by atoms with Crippen LogP contribution < -0.4 is 19.1 Å². The zero-order valence-electron chi connectivity index (χ0n) is 19.2. The Labute approximate surface area is 205 Å². The lowest BCUT2D eigenvalue weighted by Gasteiger charge is -2.24. The summed E-state index contributed by atoms with van der Waals surface area (Å²) in [6.45, 7) is 2.58. The van der Waals surface area contributed by atoms with Crippen LogP contribution in [0.15, 0.2) is 66.7 Å². The van der Waals surface area contributed by atoms with Gasteiger partial charge in [0.25, 0.3) is 5.91 Å². The van der Waals surface area contributed by atoms with Crippen molar-refractivity contribution in [1.29, 1.82) is 0 Å². The summed E-state index contributed by atoms with van der Waals surface area (Å²) in [4.78, 5) is 12.4. The fourth-order valence-electron chi connectivity index (χ4n) is 3.29. The third-order valence-corrected chi connectivity index (χ3v) is 6.44. The number of nitrogens with one attached hydrogen (secondary N) is 1. The molecule has 1 N–H and O–H groups in total. The van der Waals surface area contributed by atoms with Crippen molar-refractivity contribution >= 4 is 33.2 Å². The molecule has 3 aromatic rings. The first-order chi connectivity index (χ1) is 16.2. The van der Waals surface area contributed by atoms with Crippen LogP contribution in [0.1, 0.15) is 21.5 Å². The van der Waals surface area contributed by atoms with E-state index in [2.05, 4.69) is 5.32 Å². The Morgan fingerprint density at radius 3 is 2.41 bits per heavy atom. The number of ether oxygens (including phenoxy) is 2. The van der Waals surface area contributed by atoms with E-state index in [1.807, 2.05) is 25.1 Å². The molecule has 1 amide bonds. The van der Waals surface area contributed by atoms with Gasteiger partial charge in [-0.3, -0.25) is 9.10 Å². The second kappa shape index (κ2) is 11.3. The van der Waals surface area contributed by atoms with Crippen molar-refractivity contribution in [3.63, 3.8) is 0 Å².